The summed E-state index contributed by atoms with van der Waals surface area (Å²) >= 11 is 0. The highest BCUT2D eigenvalue weighted by atomic mass is 16.3. The van der Waals surface area contributed by atoms with E-state index in [0.717, 1.165) is 6.42 Å². The molecule has 4 heteroatoms. The van der Waals surface area contributed by atoms with Crippen molar-refractivity contribution in [2.75, 3.05) is 11.9 Å². The molecular formula is C12H13N3O. The summed E-state index contributed by atoms with van der Waals surface area (Å²) in [5.74, 6) is 0.934. The molecule has 16 heavy (non-hydrogen) atoms. The first-order valence-corrected chi connectivity index (χ1v) is 5.24. The van der Waals surface area contributed by atoms with Gasteiger partial charge in [0.1, 0.15) is 17.6 Å². The minimum atomic E-state index is 0.181. The number of nitrogens with zero attached hydrogens (tertiary/aromatic N) is 2. The molecule has 0 aromatic carbocycles. The van der Waals surface area contributed by atoms with Crippen LogP contribution in [-0.2, 0) is 0 Å². The van der Waals surface area contributed by atoms with E-state index in [9.17, 15) is 0 Å². The standard InChI is InChI=1S/C12H13N3O/c13-7-11-2-1-3-12(15-11)14-10-5-4-9(6-10)8-16/h1-5,9-10,16H,6,8H2,(H,14,15)/t9-,10+/m0/s1. The molecule has 0 saturated heterocycles. The van der Waals surface area contributed by atoms with Crippen molar-refractivity contribution in [2.24, 2.45) is 5.92 Å². The molecule has 0 bridgehead atoms. The third-order valence-corrected chi connectivity index (χ3v) is 2.60. The van der Waals surface area contributed by atoms with Crippen molar-refractivity contribution >= 4 is 5.82 Å². The Bertz CT molecular complexity index is 436. The van der Waals surface area contributed by atoms with Gasteiger partial charge in [0, 0.05) is 18.6 Å². The molecule has 2 rings (SSSR count). The Hall–Kier alpha value is -1.86. The molecule has 1 heterocycles. The lowest BCUT2D eigenvalue weighted by Gasteiger charge is -2.13. The predicted molar refractivity (Wildman–Crippen MR) is 60.7 cm³/mol. The number of nitrogens with one attached hydrogen (secondary N) is 1. The Morgan fingerprint density at radius 2 is 2.38 bits per heavy atom. The van der Waals surface area contributed by atoms with Crippen LogP contribution in [0.15, 0.2) is 30.4 Å². The number of hydrogen-bond acceptors (Lipinski definition) is 4. The van der Waals surface area contributed by atoms with E-state index < -0.39 is 0 Å². The van der Waals surface area contributed by atoms with Gasteiger partial charge >= 0.3 is 0 Å². The van der Waals surface area contributed by atoms with Crippen molar-refractivity contribution in [3.05, 3.63) is 36.0 Å². The highest BCUT2D eigenvalue weighted by molar-refractivity contribution is 5.40. The first kappa shape index (κ1) is 10.7. The van der Waals surface area contributed by atoms with E-state index in [0.29, 0.717) is 11.5 Å². The van der Waals surface area contributed by atoms with Crippen LogP contribution in [0.4, 0.5) is 5.82 Å². The number of aliphatic hydroxyl groups excluding tert-OH is 1. The summed E-state index contributed by atoms with van der Waals surface area (Å²) < 4.78 is 0. The van der Waals surface area contributed by atoms with Crippen LogP contribution in [0.5, 0.6) is 0 Å². The normalized spacial score (nSPS) is 23.0. The van der Waals surface area contributed by atoms with E-state index in [1.54, 1.807) is 12.1 Å². The average Bonchev–Trinajstić information content (AvgIpc) is 2.77. The summed E-state index contributed by atoms with van der Waals surface area (Å²) in [7, 11) is 0. The molecule has 0 fully saturated rings. The molecule has 0 saturated carbocycles. The summed E-state index contributed by atoms with van der Waals surface area (Å²) in [5.41, 5.74) is 0.408. The molecule has 0 aliphatic heterocycles. The molecule has 82 valence electrons. The number of nitriles is 1. The molecule has 0 radical (unpaired) electrons. The Morgan fingerprint density at radius 1 is 1.50 bits per heavy atom. The maximum atomic E-state index is 8.99. The number of anilines is 1. The third-order valence-electron chi connectivity index (χ3n) is 2.60. The van der Waals surface area contributed by atoms with Crippen LogP contribution < -0.4 is 5.32 Å². The molecule has 1 aliphatic rings. The van der Waals surface area contributed by atoms with E-state index in [-0.39, 0.29) is 18.6 Å². The molecule has 0 spiro atoms. The van der Waals surface area contributed by atoms with Crippen LogP contribution in [0.2, 0.25) is 0 Å². The topological polar surface area (TPSA) is 68.9 Å². The Balaban J connectivity index is 2.00. The smallest absolute Gasteiger partial charge is 0.142 e. The number of rotatable bonds is 3. The number of hydrogen-bond donors (Lipinski definition) is 2. The monoisotopic (exact) mass is 215 g/mol. The minimum Gasteiger partial charge on any atom is -0.396 e. The number of aliphatic hydroxyl groups is 1. The van der Waals surface area contributed by atoms with Gasteiger partial charge in [-0.1, -0.05) is 18.2 Å². The van der Waals surface area contributed by atoms with Gasteiger partial charge in [0.15, 0.2) is 0 Å². The quantitative estimate of drug-likeness (QED) is 0.746. The molecule has 1 aliphatic carbocycles. The first-order valence-electron chi connectivity index (χ1n) is 5.24. The average molecular weight is 215 g/mol. The Labute approximate surface area is 94.2 Å². The van der Waals surface area contributed by atoms with E-state index in [4.69, 9.17) is 10.4 Å². The van der Waals surface area contributed by atoms with E-state index in [1.165, 1.54) is 0 Å². The number of pyridine rings is 1. The lowest BCUT2D eigenvalue weighted by atomic mass is 10.1. The van der Waals surface area contributed by atoms with Crippen molar-refractivity contribution in [1.82, 2.24) is 4.98 Å². The second kappa shape index (κ2) is 4.77. The summed E-state index contributed by atoms with van der Waals surface area (Å²) in [6, 6.07) is 7.50. The second-order valence-electron chi connectivity index (χ2n) is 3.83. The van der Waals surface area contributed by atoms with Crippen molar-refractivity contribution < 1.29 is 5.11 Å². The summed E-state index contributed by atoms with van der Waals surface area (Å²) in [5, 5.41) is 20.9. The fourth-order valence-electron chi connectivity index (χ4n) is 1.78. The maximum Gasteiger partial charge on any atom is 0.142 e. The summed E-state index contributed by atoms with van der Waals surface area (Å²) in [4.78, 5) is 4.14. The minimum absolute atomic E-state index is 0.181. The molecule has 4 nitrogen and oxygen atoms in total. The molecule has 1 aromatic rings. The largest absolute Gasteiger partial charge is 0.396 e. The van der Waals surface area contributed by atoms with Gasteiger partial charge in [0.2, 0.25) is 0 Å². The lowest BCUT2D eigenvalue weighted by Crippen LogP contribution is -2.17. The van der Waals surface area contributed by atoms with Gasteiger partial charge in [0.25, 0.3) is 0 Å². The van der Waals surface area contributed by atoms with Crippen LogP contribution in [0, 0.1) is 17.2 Å². The van der Waals surface area contributed by atoms with E-state index >= 15 is 0 Å². The lowest BCUT2D eigenvalue weighted by molar-refractivity contribution is 0.250. The highest BCUT2D eigenvalue weighted by Crippen LogP contribution is 2.20. The molecule has 2 atom stereocenters. The van der Waals surface area contributed by atoms with Gasteiger partial charge in [-0.3, -0.25) is 0 Å². The molecule has 1 aromatic heterocycles. The van der Waals surface area contributed by atoms with Crippen molar-refractivity contribution in [3.63, 3.8) is 0 Å². The van der Waals surface area contributed by atoms with Crippen molar-refractivity contribution in [2.45, 2.75) is 12.5 Å². The van der Waals surface area contributed by atoms with Crippen molar-refractivity contribution in [1.29, 1.82) is 5.26 Å². The SMILES string of the molecule is N#Cc1cccc(N[C@@H]2C=C[C@H](CO)C2)n1. The molecule has 0 amide bonds. The van der Waals surface area contributed by atoms with Gasteiger partial charge in [-0.15, -0.1) is 0 Å². The maximum absolute atomic E-state index is 8.99. The van der Waals surface area contributed by atoms with Crippen LogP contribution in [0.25, 0.3) is 0 Å². The van der Waals surface area contributed by atoms with Gasteiger partial charge in [-0.2, -0.15) is 5.26 Å². The predicted octanol–water partition coefficient (Wildman–Crippen LogP) is 1.30. The summed E-state index contributed by atoms with van der Waals surface area (Å²) in [6.07, 6.45) is 4.91. The van der Waals surface area contributed by atoms with Gasteiger partial charge in [-0.05, 0) is 18.6 Å². The van der Waals surface area contributed by atoms with Crippen LogP contribution >= 0.6 is 0 Å². The van der Waals surface area contributed by atoms with Crippen LogP contribution in [-0.4, -0.2) is 22.7 Å². The summed E-state index contributed by atoms with van der Waals surface area (Å²) in [6.45, 7) is 0.181. The highest BCUT2D eigenvalue weighted by Gasteiger charge is 2.17. The second-order valence-corrected chi connectivity index (χ2v) is 3.83. The van der Waals surface area contributed by atoms with E-state index in [1.807, 2.05) is 24.3 Å². The first-order chi connectivity index (χ1) is 7.81. The third kappa shape index (κ3) is 2.38. The van der Waals surface area contributed by atoms with Gasteiger partial charge in [-0.25, -0.2) is 4.98 Å². The fraction of sp³-hybridized carbons (Fsp3) is 0.333. The molecule has 0 unspecified atom stereocenters. The Morgan fingerprint density at radius 3 is 3.06 bits per heavy atom. The van der Waals surface area contributed by atoms with Gasteiger partial charge in [0.05, 0.1) is 0 Å². The van der Waals surface area contributed by atoms with Gasteiger partial charge < -0.3 is 10.4 Å². The van der Waals surface area contributed by atoms with Crippen LogP contribution in [0.1, 0.15) is 12.1 Å². The zero-order valence-electron chi connectivity index (χ0n) is 8.80. The zero-order valence-corrected chi connectivity index (χ0v) is 8.80. The molecule has 2 N–H and O–H groups in total. The molecular weight excluding hydrogens is 202 g/mol. The fourth-order valence-corrected chi connectivity index (χ4v) is 1.78. The zero-order chi connectivity index (χ0) is 11.4. The Kier molecular flexibility index (Phi) is 3.18. The van der Waals surface area contributed by atoms with Crippen molar-refractivity contribution in [3.8, 4) is 6.07 Å². The number of aromatic nitrogens is 1. The van der Waals surface area contributed by atoms with E-state index in [2.05, 4.69) is 10.3 Å². The van der Waals surface area contributed by atoms with Crippen LogP contribution in [0.3, 0.4) is 0 Å².